The van der Waals surface area contributed by atoms with Crippen LogP contribution in [0.5, 0.6) is 0 Å². The van der Waals surface area contributed by atoms with E-state index in [2.05, 4.69) is 5.32 Å². The van der Waals surface area contributed by atoms with Gasteiger partial charge in [-0.15, -0.1) is 0 Å². The van der Waals surface area contributed by atoms with E-state index < -0.39 is 4.92 Å². The first-order chi connectivity index (χ1) is 17.0. The number of hydrogen-bond acceptors (Lipinski definition) is 6. The van der Waals surface area contributed by atoms with Crippen molar-refractivity contribution in [3.8, 4) is 0 Å². The topological polar surface area (TPSA) is 109 Å². The number of carbonyl (C=O) groups is 2. The first kappa shape index (κ1) is 22.1. The molecule has 4 saturated carbocycles. The van der Waals surface area contributed by atoms with Gasteiger partial charge in [-0.1, -0.05) is 0 Å². The van der Waals surface area contributed by atoms with E-state index in [-0.39, 0.29) is 23.5 Å². The van der Waals surface area contributed by atoms with E-state index in [1.165, 1.54) is 44.4 Å². The van der Waals surface area contributed by atoms with Crippen LogP contribution in [-0.2, 0) is 0 Å². The Bertz CT molecular complexity index is 1110. The SMILES string of the molecule is O=C(NC1C2CC3CC(C2)CC1C3)c1ccc(N2CCN(C(=O)c3ccco3)CC2)c([N+](=O)[O-])c1. The van der Waals surface area contributed by atoms with Gasteiger partial charge in [-0.2, -0.15) is 0 Å². The van der Waals surface area contributed by atoms with Crippen molar-refractivity contribution in [2.45, 2.75) is 38.1 Å². The fourth-order valence-electron chi connectivity index (χ4n) is 7.18. The second-order valence-electron chi connectivity index (χ2n) is 10.6. The standard InChI is InChI=1S/C26H30N4O5/c31-25(27-24-19-11-16-10-17(13-19)14-20(24)12-16)18-3-4-21(22(15-18)30(33)34)28-5-7-29(8-6-28)26(32)23-2-1-9-35-23/h1-4,9,15-17,19-20,24H,5-8,10-14H2,(H,27,31). The third-order valence-corrected chi connectivity index (χ3v) is 8.60. The molecule has 35 heavy (non-hydrogen) atoms. The van der Waals surface area contributed by atoms with Crippen LogP contribution in [-0.4, -0.2) is 53.9 Å². The summed E-state index contributed by atoms with van der Waals surface area (Å²) in [6, 6.07) is 8.26. The number of furan rings is 1. The summed E-state index contributed by atoms with van der Waals surface area (Å²) in [4.78, 5) is 40.7. The highest BCUT2D eigenvalue weighted by Gasteiger charge is 2.48. The maximum Gasteiger partial charge on any atom is 0.293 e. The van der Waals surface area contributed by atoms with Crippen LogP contribution in [0.3, 0.4) is 0 Å². The number of hydrogen-bond donors (Lipinski definition) is 1. The molecule has 2 amide bonds. The average molecular weight is 479 g/mol. The van der Waals surface area contributed by atoms with E-state index in [1.807, 2.05) is 4.90 Å². The maximum absolute atomic E-state index is 13.1. The Labute approximate surface area is 203 Å². The van der Waals surface area contributed by atoms with E-state index in [1.54, 1.807) is 29.2 Å². The zero-order chi connectivity index (χ0) is 24.1. The molecule has 0 spiro atoms. The molecular formula is C26H30N4O5. The normalized spacial score (nSPS) is 29.3. The molecule has 2 heterocycles. The molecule has 7 rings (SSSR count). The van der Waals surface area contributed by atoms with Crippen molar-refractivity contribution in [3.05, 3.63) is 58.0 Å². The Morgan fingerprint density at radius 1 is 0.971 bits per heavy atom. The Hall–Kier alpha value is -3.36. The lowest BCUT2D eigenvalue weighted by Gasteiger charge is -2.54. The summed E-state index contributed by atoms with van der Waals surface area (Å²) < 4.78 is 5.20. The number of rotatable bonds is 5. The molecule has 2 aromatic rings. The van der Waals surface area contributed by atoms with E-state index in [9.17, 15) is 19.7 Å². The highest BCUT2D eigenvalue weighted by Crippen LogP contribution is 2.53. The predicted octanol–water partition coefficient (Wildman–Crippen LogP) is 3.70. The van der Waals surface area contributed by atoms with Gasteiger partial charge in [-0.3, -0.25) is 19.7 Å². The quantitative estimate of drug-likeness (QED) is 0.518. The number of nitrogens with zero attached hydrogens (tertiary/aromatic N) is 3. The highest BCUT2D eigenvalue weighted by molar-refractivity contribution is 5.96. The molecule has 9 nitrogen and oxygen atoms in total. The lowest BCUT2D eigenvalue weighted by Crippen LogP contribution is -2.55. The molecule has 0 atom stereocenters. The number of nitro groups is 1. The number of benzene rings is 1. The first-order valence-corrected chi connectivity index (χ1v) is 12.6. The lowest BCUT2D eigenvalue weighted by atomic mass is 9.54. The molecule has 0 radical (unpaired) electrons. The van der Waals surface area contributed by atoms with Gasteiger partial charge in [0.25, 0.3) is 17.5 Å². The van der Waals surface area contributed by atoms with Crippen LogP contribution < -0.4 is 10.2 Å². The predicted molar refractivity (Wildman–Crippen MR) is 128 cm³/mol. The Morgan fingerprint density at radius 2 is 1.66 bits per heavy atom. The number of piperazine rings is 1. The summed E-state index contributed by atoms with van der Waals surface area (Å²) in [5, 5.41) is 15.2. The number of carbonyl (C=O) groups excluding carboxylic acids is 2. The zero-order valence-corrected chi connectivity index (χ0v) is 19.6. The van der Waals surface area contributed by atoms with E-state index in [0.29, 0.717) is 55.0 Å². The fraction of sp³-hybridized carbons (Fsp3) is 0.538. The largest absolute Gasteiger partial charge is 0.459 e. The molecule has 9 heteroatoms. The molecule has 5 aliphatic rings. The number of amides is 2. The van der Waals surface area contributed by atoms with Gasteiger partial charge in [0.1, 0.15) is 5.69 Å². The molecule has 4 aliphatic carbocycles. The third-order valence-electron chi connectivity index (χ3n) is 8.60. The van der Waals surface area contributed by atoms with Gasteiger partial charge in [0, 0.05) is 43.9 Å². The lowest BCUT2D eigenvalue weighted by molar-refractivity contribution is -0.384. The average Bonchev–Trinajstić information content (AvgIpc) is 3.40. The Kier molecular flexibility index (Phi) is 5.50. The fourth-order valence-corrected chi connectivity index (χ4v) is 7.18. The van der Waals surface area contributed by atoms with Crippen molar-refractivity contribution in [2.24, 2.45) is 23.7 Å². The number of nitrogens with one attached hydrogen (secondary N) is 1. The van der Waals surface area contributed by atoms with Gasteiger partial charge in [-0.25, -0.2) is 0 Å². The van der Waals surface area contributed by atoms with Crippen LogP contribution in [0.4, 0.5) is 11.4 Å². The van der Waals surface area contributed by atoms with Crippen LogP contribution in [0, 0.1) is 33.8 Å². The summed E-state index contributed by atoms with van der Waals surface area (Å²) >= 11 is 0. The minimum atomic E-state index is -0.421. The monoisotopic (exact) mass is 478 g/mol. The molecule has 1 aliphatic heterocycles. The van der Waals surface area contributed by atoms with Gasteiger partial charge in [-0.05, 0) is 80.0 Å². The number of nitro benzene ring substituents is 1. The van der Waals surface area contributed by atoms with Crippen molar-refractivity contribution in [3.63, 3.8) is 0 Å². The third kappa shape index (κ3) is 4.06. The molecule has 1 N–H and O–H groups in total. The van der Waals surface area contributed by atoms with Gasteiger partial charge < -0.3 is 19.5 Å². The Balaban J connectivity index is 1.14. The van der Waals surface area contributed by atoms with Gasteiger partial charge >= 0.3 is 0 Å². The van der Waals surface area contributed by atoms with Crippen molar-refractivity contribution in [1.82, 2.24) is 10.2 Å². The molecule has 1 aromatic heterocycles. The molecular weight excluding hydrogens is 448 g/mol. The van der Waals surface area contributed by atoms with Crippen molar-refractivity contribution < 1.29 is 18.9 Å². The van der Waals surface area contributed by atoms with Crippen LogP contribution in [0.2, 0.25) is 0 Å². The molecule has 0 unspecified atom stereocenters. The smallest absolute Gasteiger partial charge is 0.293 e. The molecule has 5 fully saturated rings. The van der Waals surface area contributed by atoms with Crippen molar-refractivity contribution in [1.29, 1.82) is 0 Å². The number of anilines is 1. The van der Waals surface area contributed by atoms with E-state index in [0.717, 1.165) is 11.8 Å². The summed E-state index contributed by atoms with van der Waals surface area (Å²) in [6.45, 7) is 1.80. The maximum atomic E-state index is 13.1. The van der Waals surface area contributed by atoms with Gasteiger partial charge in [0.2, 0.25) is 0 Å². The molecule has 184 valence electrons. The molecule has 1 saturated heterocycles. The highest BCUT2D eigenvalue weighted by atomic mass is 16.6. The van der Waals surface area contributed by atoms with E-state index in [4.69, 9.17) is 4.42 Å². The van der Waals surface area contributed by atoms with Crippen LogP contribution in [0.25, 0.3) is 0 Å². The molecule has 4 bridgehead atoms. The van der Waals surface area contributed by atoms with Gasteiger partial charge in [0.05, 0.1) is 11.2 Å². The minimum Gasteiger partial charge on any atom is -0.459 e. The second-order valence-corrected chi connectivity index (χ2v) is 10.6. The summed E-state index contributed by atoms with van der Waals surface area (Å²) in [6.07, 6.45) is 7.62. The van der Waals surface area contributed by atoms with Gasteiger partial charge in [0.15, 0.2) is 5.76 Å². The summed E-state index contributed by atoms with van der Waals surface area (Å²) in [5.74, 6) is 2.63. The minimum absolute atomic E-state index is 0.0754. The van der Waals surface area contributed by atoms with Crippen LogP contribution in [0.1, 0.15) is 53.0 Å². The van der Waals surface area contributed by atoms with Crippen LogP contribution >= 0.6 is 0 Å². The van der Waals surface area contributed by atoms with Crippen LogP contribution in [0.15, 0.2) is 41.0 Å². The zero-order valence-electron chi connectivity index (χ0n) is 19.6. The first-order valence-electron chi connectivity index (χ1n) is 12.6. The molecule has 1 aromatic carbocycles. The Morgan fingerprint density at radius 3 is 2.26 bits per heavy atom. The second kappa shape index (κ2) is 8.70. The van der Waals surface area contributed by atoms with E-state index >= 15 is 0 Å². The van der Waals surface area contributed by atoms with Crippen molar-refractivity contribution >= 4 is 23.2 Å². The van der Waals surface area contributed by atoms with Crippen molar-refractivity contribution in [2.75, 3.05) is 31.1 Å². The summed E-state index contributed by atoms with van der Waals surface area (Å²) in [5.41, 5.74) is 0.737. The summed E-state index contributed by atoms with van der Waals surface area (Å²) in [7, 11) is 0.